The third-order valence-electron chi connectivity index (χ3n) is 2.85. The molecule has 1 atom stereocenters. The lowest BCUT2D eigenvalue weighted by atomic mass is 10.4. The van der Waals surface area contributed by atoms with Crippen molar-refractivity contribution in [2.24, 2.45) is 0 Å². The van der Waals surface area contributed by atoms with Crippen LogP contribution in [0.4, 0.5) is 4.79 Å². The van der Waals surface area contributed by atoms with E-state index in [4.69, 9.17) is 0 Å². The zero-order valence-electron chi connectivity index (χ0n) is 11.2. The van der Waals surface area contributed by atoms with E-state index in [2.05, 4.69) is 15.5 Å². The summed E-state index contributed by atoms with van der Waals surface area (Å²) in [5, 5.41) is 10.8. The first-order valence-corrected chi connectivity index (χ1v) is 7.04. The van der Waals surface area contributed by atoms with E-state index in [1.807, 2.05) is 18.4 Å². The minimum atomic E-state index is -0.370. The summed E-state index contributed by atoms with van der Waals surface area (Å²) in [6.45, 7) is 6.77. The fraction of sp³-hybridized carbons (Fsp3) is 0.636. The van der Waals surface area contributed by atoms with E-state index in [1.165, 1.54) is 16.7 Å². The molecule has 1 aromatic heterocycles. The van der Waals surface area contributed by atoms with E-state index in [9.17, 15) is 9.59 Å². The number of carbonyl (C=O) groups is 2. The van der Waals surface area contributed by atoms with Crippen molar-refractivity contribution in [1.29, 1.82) is 0 Å². The van der Waals surface area contributed by atoms with Crippen molar-refractivity contribution >= 4 is 23.7 Å². The van der Waals surface area contributed by atoms with Crippen LogP contribution in [0.1, 0.15) is 26.8 Å². The number of aromatic nitrogens is 3. The Labute approximate surface area is 115 Å². The van der Waals surface area contributed by atoms with Gasteiger partial charge in [0.05, 0.1) is 5.25 Å². The summed E-state index contributed by atoms with van der Waals surface area (Å²) < 4.78 is 1.90. The van der Waals surface area contributed by atoms with E-state index in [1.54, 1.807) is 13.3 Å². The second-order valence-corrected chi connectivity index (χ2v) is 5.90. The van der Waals surface area contributed by atoms with Crippen LogP contribution < -0.4 is 5.32 Å². The van der Waals surface area contributed by atoms with Crippen molar-refractivity contribution in [3.8, 4) is 0 Å². The van der Waals surface area contributed by atoms with Crippen molar-refractivity contribution in [3.63, 3.8) is 0 Å². The number of carbonyl (C=O) groups excluding carboxylic acids is 2. The molecule has 2 heterocycles. The van der Waals surface area contributed by atoms with Gasteiger partial charge < -0.3 is 9.88 Å². The van der Waals surface area contributed by atoms with Gasteiger partial charge in [-0.2, -0.15) is 0 Å². The fourth-order valence-corrected chi connectivity index (χ4v) is 2.80. The Morgan fingerprint density at radius 1 is 1.47 bits per heavy atom. The van der Waals surface area contributed by atoms with E-state index in [0.29, 0.717) is 18.2 Å². The Bertz CT molecular complexity index is 487. The number of urea groups is 1. The molecule has 0 aliphatic carbocycles. The van der Waals surface area contributed by atoms with Crippen LogP contribution in [-0.2, 0) is 4.79 Å². The molecular weight excluding hydrogens is 266 g/mol. The SMILES string of the molecule is CC(C)n1cnnc1S[C@H](C)C(=O)N1CCNC1=O. The number of nitrogens with zero attached hydrogens (tertiary/aromatic N) is 4. The molecule has 0 bridgehead atoms. The minimum absolute atomic E-state index is 0.196. The molecule has 1 aliphatic rings. The second kappa shape index (κ2) is 5.60. The van der Waals surface area contributed by atoms with Crippen LogP contribution in [0.25, 0.3) is 0 Å². The van der Waals surface area contributed by atoms with Gasteiger partial charge in [0.25, 0.3) is 0 Å². The molecule has 104 valence electrons. The summed E-state index contributed by atoms with van der Waals surface area (Å²) in [6.07, 6.45) is 1.65. The number of rotatable bonds is 4. The van der Waals surface area contributed by atoms with Gasteiger partial charge in [0.15, 0.2) is 5.16 Å². The van der Waals surface area contributed by atoms with E-state index in [-0.39, 0.29) is 23.2 Å². The molecule has 8 heteroatoms. The molecular formula is C11H17N5O2S. The highest BCUT2D eigenvalue weighted by atomic mass is 32.2. The third kappa shape index (κ3) is 2.89. The quantitative estimate of drug-likeness (QED) is 0.830. The van der Waals surface area contributed by atoms with Crippen LogP contribution in [0.2, 0.25) is 0 Å². The molecule has 2 rings (SSSR count). The van der Waals surface area contributed by atoms with Gasteiger partial charge in [-0.1, -0.05) is 11.8 Å². The van der Waals surface area contributed by atoms with Crippen LogP contribution in [0.5, 0.6) is 0 Å². The highest BCUT2D eigenvalue weighted by Gasteiger charge is 2.31. The Balaban J connectivity index is 2.04. The molecule has 3 amide bonds. The number of hydrogen-bond donors (Lipinski definition) is 1. The molecule has 1 saturated heterocycles. The summed E-state index contributed by atoms with van der Waals surface area (Å²) in [7, 11) is 0. The maximum absolute atomic E-state index is 12.1. The van der Waals surface area contributed by atoms with Crippen molar-refractivity contribution in [2.45, 2.75) is 37.2 Å². The average molecular weight is 283 g/mol. The van der Waals surface area contributed by atoms with Gasteiger partial charge in [0.1, 0.15) is 6.33 Å². The molecule has 1 N–H and O–H groups in total. The molecule has 7 nitrogen and oxygen atoms in total. The topological polar surface area (TPSA) is 80.1 Å². The maximum Gasteiger partial charge on any atom is 0.324 e. The summed E-state index contributed by atoms with van der Waals surface area (Å²) in [6, 6.07) is -0.0855. The van der Waals surface area contributed by atoms with Crippen molar-refractivity contribution in [3.05, 3.63) is 6.33 Å². The molecule has 0 radical (unpaired) electrons. The lowest BCUT2D eigenvalue weighted by molar-refractivity contribution is -0.126. The molecule has 1 aliphatic heterocycles. The highest BCUT2D eigenvalue weighted by molar-refractivity contribution is 8.00. The second-order valence-electron chi connectivity index (χ2n) is 4.60. The zero-order chi connectivity index (χ0) is 14.0. The van der Waals surface area contributed by atoms with E-state index < -0.39 is 0 Å². The Hall–Kier alpha value is -1.57. The summed E-state index contributed by atoms with van der Waals surface area (Å²) in [5.41, 5.74) is 0. The van der Waals surface area contributed by atoms with Gasteiger partial charge in [-0.3, -0.25) is 9.69 Å². The van der Waals surface area contributed by atoms with Crippen molar-refractivity contribution < 1.29 is 9.59 Å². The molecule has 0 aromatic carbocycles. The summed E-state index contributed by atoms with van der Waals surface area (Å²) >= 11 is 1.32. The van der Waals surface area contributed by atoms with Gasteiger partial charge in [0.2, 0.25) is 5.91 Å². The first-order valence-electron chi connectivity index (χ1n) is 6.16. The number of amides is 3. The molecule has 1 aromatic rings. The van der Waals surface area contributed by atoms with E-state index >= 15 is 0 Å². The van der Waals surface area contributed by atoms with Crippen LogP contribution in [0.15, 0.2) is 11.5 Å². The third-order valence-corrected chi connectivity index (χ3v) is 3.91. The average Bonchev–Trinajstić information content (AvgIpc) is 2.96. The maximum atomic E-state index is 12.1. The van der Waals surface area contributed by atoms with Gasteiger partial charge in [-0.05, 0) is 20.8 Å². The highest BCUT2D eigenvalue weighted by Crippen LogP contribution is 2.25. The number of thioether (sulfide) groups is 1. The van der Waals surface area contributed by atoms with Gasteiger partial charge in [-0.25, -0.2) is 4.79 Å². The lowest BCUT2D eigenvalue weighted by Crippen LogP contribution is -2.39. The minimum Gasteiger partial charge on any atom is -0.336 e. The number of imide groups is 1. The largest absolute Gasteiger partial charge is 0.336 e. The number of hydrogen-bond acceptors (Lipinski definition) is 5. The van der Waals surface area contributed by atoms with Gasteiger partial charge >= 0.3 is 6.03 Å². The van der Waals surface area contributed by atoms with Gasteiger partial charge in [0, 0.05) is 19.1 Å². The monoisotopic (exact) mass is 283 g/mol. The first-order chi connectivity index (χ1) is 9.00. The number of nitrogens with one attached hydrogen (secondary N) is 1. The van der Waals surface area contributed by atoms with Crippen LogP contribution >= 0.6 is 11.8 Å². The Morgan fingerprint density at radius 3 is 2.79 bits per heavy atom. The van der Waals surface area contributed by atoms with Crippen LogP contribution in [0.3, 0.4) is 0 Å². The van der Waals surface area contributed by atoms with Crippen molar-refractivity contribution in [2.75, 3.05) is 13.1 Å². The Kier molecular flexibility index (Phi) is 4.08. The molecule has 19 heavy (non-hydrogen) atoms. The Morgan fingerprint density at radius 2 is 2.21 bits per heavy atom. The molecule has 1 fully saturated rings. The molecule has 0 saturated carbocycles. The molecule has 0 spiro atoms. The van der Waals surface area contributed by atoms with Crippen molar-refractivity contribution in [1.82, 2.24) is 25.0 Å². The first kappa shape index (κ1) is 13.9. The normalized spacial score (nSPS) is 16.8. The predicted molar refractivity (Wildman–Crippen MR) is 70.8 cm³/mol. The van der Waals surface area contributed by atoms with E-state index in [0.717, 1.165) is 0 Å². The van der Waals surface area contributed by atoms with Crippen LogP contribution in [-0.4, -0.2) is 49.9 Å². The lowest BCUT2D eigenvalue weighted by Gasteiger charge is -2.17. The van der Waals surface area contributed by atoms with Crippen LogP contribution in [0, 0.1) is 0 Å². The summed E-state index contributed by atoms with van der Waals surface area (Å²) in [5.74, 6) is -0.196. The fourth-order valence-electron chi connectivity index (χ4n) is 1.78. The zero-order valence-corrected chi connectivity index (χ0v) is 12.0. The molecule has 0 unspecified atom stereocenters. The predicted octanol–water partition coefficient (Wildman–Crippen LogP) is 0.891. The van der Waals surface area contributed by atoms with Gasteiger partial charge in [-0.15, -0.1) is 10.2 Å². The standard InChI is InChI=1S/C11H17N5O2S/c1-7(2)16-6-13-14-11(16)19-8(3)9(17)15-5-4-12-10(15)18/h6-8H,4-5H2,1-3H3,(H,12,18)/t8-/m1/s1. The summed E-state index contributed by atoms with van der Waals surface area (Å²) in [4.78, 5) is 24.8. The smallest absolute Gasteiger partial charge is 0.324 e.